The second-order valence-corrected chi connectivity index (χ2v) is 9.25. The summed E-state index contributed by atoms with van der Waals surface area (Å²) >= 11 is 0. The van der Waals surface area contributed by atoms with Crippen LogP contribution in [0.15, 0.2) is 28.4 Å². The molecule has 1 aromatic heterocycles. The molecule has 7 atom stereocenters. The maximum Gasteiger partial charge on any atom is 0.334 e. The van der Waals surface area contributed by atoms with Crippen LogP contribution in [0.3, 0.4) is 0 Å². The Kier molecular flexibility index (Phi) is 3.73. The average molecular weight is 400 g/mol. The first-order valence-corrected chi connectivity index (χ1v) is 10.0. The number of furan rings is 1. The Hall–Kier alpha value is -2.41. The average Bonchev–Trinajstić information content (AvgIpc) is 3.22. The van der Waals surface area contributed by atoms with Crippen molar-refractivity contribution in [3.05, 3.63) is 35.3 Å². The summed E-state index contributed by atoms with van der Waals surface area (Å²) in [7, 11) is 0. The van der Waals surface area contributed by atoms with Gasteiger partial charge in [-0.3, -0.25) is 9.59 Å². The molecule has 0 aromatic carbocycles. The van der Waals surface area contributed by atoms with Crippen molar-refractivity contribution in [2.75, 3.05) is 6.61 Å². The third-order valence-corrected chi connectivity index (χ3v) is 7.91. The maximum absolute atomic E-state index is 13.2. The number of aliphatic hydroxyl groups excluding tert-OH is 1. The van der Waals surface area contributed by atoms with Crippen molar-refractivity contribution in [1.82, 2.24) is 0 Å². The van der Waals surface area contributed by atoms with Crippen LogP contribution in [-0.2, 0) is 19.1 Å². The number of carbonyl (C=O) groups is 3. The molecule has 1 saturated carbocycles. The Labute approximate surface area is 168 Å². The van der Waals surface area contributed by atoms with Gasteiger partial charge in [-0.05, 0) is 35.8 Å². The fourth-order valence-corrected chi connectivity index (χ4v) is 6.63. The largest absolute Gasteiger partial charge is 0.468 e. The number of fused-ring (bicyclic) bond motifs is 2. The van der Waals surface area contributed by atoms with Crippen LogP contribution in [0.5, 0.6) is 0 Å². The highest BCUT2D eigenvalue weighted by Crippen LogP contribution is 2.68. The van der Waals surface area contributed by atoms with E-state index in [9.17, 15) is 19.5 Å². The van der Waals surface area contributed by atoms with Gasteiger partial charge in [-0.15, -0.1) is 0 Å². The summed E-state index contributed by atoms with van der Waals surface area (Å²) in [6.45, 7) is 5.51. The molecular formula is C22H24O7. The predicted octanol–water partition coefficient (Wildman–Crippen LogP) is 2.39. The van der Waals surface area contributed by atoms with Crippen molar-refractivity contribution < 1.29 is 33.4 Å². The van der Waals surface area contributed by atoms with Crippen molar-refractivity contribution >= 4 is 17.7 Å². The molecule has 7 nitrogen and oxygen atoms in total. The molecule has 1 unspecified atom stereocenters. The van der Waals surface area contributed by atoms with Gasteiger partial charge in [0, 0.05) is 24.3 Å². The van der Waals surface area contributed by atoms with Crippen LogP contribution in [0.1, 0.15) is 55.6 Å². The molecule has 1 aromatic rings. The van der Waals surface area contributed by atoms with Gasteiger partial charge in [0.05, 0.1) is 23.8 Å². The van der Waals surface area contributed by atoms with Crippen LogP contribution in [0.25, 0.3) is 0 Å². The highest BCUT2D eigenvalue weighted by molar-refractivity contribution is 5.99. The fraction of sp³-hybridized carbons (Fsp3) is 0.591. The van der Waals surface area contributed by atoms with E-state index in [2.05, 4.69) is 0 Å². The SMILES string of the molecule is CC(=O)O[C@@H]1C[C@@]23COC(=O)C2=C[C@H](O)C2c4occc4C(=O)C[C@@](C)([C@@H]1C)[C@@H]23. The molecule has 154 valence electrons. The van der Waals surface area contributed by atoms with Crippen molar-refractivity contribution in [1.29, 1.82) is 0 Å². The quantitative estimate of drug-likeness (QED) is 0.722. The monoisotopic (exact) mass is 400 g/mol. The van der Waals surface area contributed by atoms with E-state index in [1.54, 1.807) is 12.1 Å². The lowest BCUT2D eigenvalue weighted by atomic mass is 9.43. The lowest BCUT2D eigenvalue weighted by Gasteiger charge is -2.60. The standard InChI is InChI=1S/C22H24O7/c1-10-16(29-11(2)23)8-22-9-28-20(26)13(22)6-14(24)17-18-12(4-5-27-18)15(25)7-21(10,3)19(17)22/h4-6,10,14,16-17,19,24H,7-9H2,1-3H3/t10-,14+,16-,17?,19-,21+,22-/m1/s1. The lowest BCUT2D eigenvalue weighted by Crippen LogP contribution is -2.60. The zero-order chi connectivity index (χ0) is 20.7. The zero-order valence-electron chi connectivity index (χ0n) is 16.6. The molecule has 4 aliphatic rings. The van der Waals surface area contributed by atoms with Gasteiger partial charge in [0.25, 0.3) is 0 Å². The molecule has 0 bridgehead atoms. The number of hydrogen-bond donors (Lipinski definition) is 1. The fourth-order valence-electron chi connectivity index (χ4n) is 6.63. The number of esters is 2. The number of cyclic esters (lactones) is 1. The molecule has 7 heteroatoms. The van der Waals surface area contributed by atoms with Crippen LogP contribution in [0.2, 0.25) is 0 Å². The minimum Gasteiger partial charge on any atom is -0.468 e. The number of rotatable bonds is 1. The summed E-state index contributed by atoms with van der Waals surface area (Å²) in [5.41, 5.74) is -0.449. The van der Waals surface area contributed by atoms with Crippen LogP contribution in [0.4, 0.5) is 0 Å². The zero-order valence-corrected chi connectivity index (χ0v) is 16.6. The van der Waals surface area contributed by atoms with Gasteiger partial charge in [0.2, 0.25) is 0 Å². The van der Waals surface area contributed by atoms with Crippen molar-refractivity contribution in [2.45, 2.75) is 51.7 Å². The van der Waals surface area contributed by atoms with E-state index in [1.165, 1.54) is 13.2 Å². The number of ketones is 1. The molecular weight excluding hydrogens is 376 g/mol. The highest BCUT2D eigenvalue weighted by atomic mass is 16.5. The molecule has 29 heavy (non-hydrogen) atoms. The minimum absolute atomic E-state index is 0.0601. The topological polar surface area (TPSA) is 103 Å². The van der Waals surface area contributed by atoms with Gasteiger partial charge in [-0.1, -0.05) is 13.8 Å². The number of Topliss-reactive ketones (excluding diaryl/α,β-unsaturated/α-hetero) is 1. The van der Waals surface area contributed by atoms with E-state index in [0.29, 0.717) is 23.3 Å². The highest BCUT2D eigenvalue weighted by Gasteiger charge is 2.69. The summed E-state index contributed by atoms with van der Waals surface area (Å²) in [6.07, 6.45) is 2.24. The predicted molar refractivity (Wildman–Crippen MR) is 98.8 cm³/mol. The second kappa shape index (κ2) is 5.81. The van der Waals surface area contributed by atoms with Gasteiger partial charge in [0.15, 0.2) is 5.78 Å². The molecule has 5 rings (SSSR count). The molecule has 2 heterocycles. The molecule has 1 saturated heterocycles. The summed E-state index contributed by atoms with van der Waals surface area (Å²) in [5, 5.41) is 11.1. The molecule has 3 aliphatic carbocycles. The number of hydrogen-bond acceptors (Lipinski definition) is 7. The molecule has 1 aliphatic heterocycles. The van der Waals surface area contributed by atoms with Crippen molar-refractivity contribution in [2.24, 2.45) is 22.7 Å². The van der Waals surface area contributed by atoms with Crippen molar-refractivity contribution in [3.63, 3.8) is 0 Å². The van der Waals surface area contributed by atoms with Gasteiger partial charge < -0.3 is 19.0 Å². The summed E-state index contributed by atoms with van der Waals surface area (Å²) in [5.74, 6) is -1.32. The summed E-state index contributed by atoms with van der Waals surface area (Å²) < 4.78 is 16.9. The first-order chi connectivity index (χ1) is 13.7. The normalized spacial score (nSPS) is 42.8. The minimum atomic E-state index is -0.971. The maximum atomic E-state index is 13.2. The van der Waals surface area contributed by atoms with Gasteiger partial charge in [0.1, 0.15) is 18.5 Å². The van der Waals surface area contributed by atoms with Crippen LogP contribution in [0, 0.1) is 22.7 Å². The van der Waals surface area contributed by atoms with E-state index >= 15 is 0 Å². The number of aliphatic hydroxyl groups is 1. The Morgan fingerprint density at radius 3 is 2.83 bits per heavy atom. The molecule has 2 fully saturated rings. The van der Waals surface area contributed by atoms with Gasteiger partial charge in [-0.2, -0.15) is 0 Å². The summed E-state index contributed by atoms with van der Waals surface area (Å²) in [4.78, 5) is 37.6. The first-order valence-electron chi connectivity index (χ1n) is 10.0. The van der Waals surface area contributed by atoms with Crippen LogP contribution < -0.4 is 0 Å². The number of ether oxygens (including phenoxy) is 2. The Morgan fingerprint density at radius 1 is 1.34 bits per heavy atom. The van der Waals surface area contributed by atoms with Crippen LogP contribution >= 0.6 is 0 Å². The third-order valence-electron chi connectivity index (χ3n) is 7.91. The van der Waals surface area contributed by atoms with E-state index in [0.717, 1.165) is 0 Å². The van der Waals surface area contributed by atoms with E-state index in [-0.39, 0.29) is 30.6 Å². The number of carbonyl (C=O) groups excluding carboxylic acids is 3. The second-order valence-electron chi connectivity index (χ2n) is 9.25. The summed E-state index contributed by atoms with van der Waals surface area (Å²) in [6, 6.07) is 1.65. The molecule has 0 amide bonds. The Bertz CT molecular complexity index is 958. The lowest BCUT2D eigenvalue weighted by molar-refractivity contribution is -0.176. The molecule has 0 radical (unpaired) electrons. The molecule has 1 N–H and O–H groups in total. The van der Waals surface area contributed by atoms with Gasteiger partial charge in [-0.25, -0.2) is 4.79 Å². The smallest absolute Gasteiger partial charge is 0.334 e. The van der Waals surface area contributed by atoms with Crippen LogP contribution in [-0.4, -0.2) is 41.6 Å². The van der Waals surface area contributed by atoms with Gasteiger partial charge >= 0.3 is 11.9 Å². The van der Waals surface area contributed by atoms with Crippen molar-refractivity contribution in [3.8, 4) is 0 Å². The third kappa shape index (κ3) is 2.25. The van der Waals surface area contributed by atoms with E-state index in [4.69, 9.17) is 13.9 Å². The van der Waals surface area contributed by atoms with E-state index in [1.807, 2.05) is 13.8 Å². The Balaban J connectivity index is 1.77. The van der Waals surface area contributed by atoms with E-state index < -0.39 is 40.9 Å². The Morgan fingerprint density at radius 2 is 2.10 bits per heavy atom. The molecule has 1 spiro atoms. The first kappa shape index (κ1) is 18.6.